The normalized spacial score (nSPS) is 15.8. The number of pyridine rings is 1. The highest BCUT2D eigenvalue weighted by Gasteiger charge is 2.28. The first kappa shape index (κ1) is 25.6. The van der Waals surface area contributed by atoms with E-state index >= 15 is 0 Å². The SMILES string of the molecule is CCC(CC)n1cc(C(=O)N2CCNC(c3cccc(OC)c3)C2)c2cc(OC)c(OC)cc2c1=O. The molecule has 192 valence electrons. The van der Waals surface area contributed by atoms with Crippen molar-refractivity contribution in [1.82, 2.24) is 14.8 Å². The topological polar surface area (TPSA) is 82.0 Å². The number of carbonyl (C=O) groups excluding carboxylic acids is 1. The summed E-state index contributed by atoms with van der Waals surface area (Å²) >= 11 is 0. The van der Waals surface area contributed by atoms with Crippen molar-refractivity contribution in [3.8, 4) is 17.2 Å². The Morgan fingerprint density at radius 2 is 1.72 bits per heavy atom. The summed E-state index contributed by atoms with van der Waals surface area (Å²) in [6, 6.07) is 11.3. The third kappa shape index (κ3) is 4.78. The zero-order chi connectivity index (χ0) is 25.8. The molecule has 0 saturated carbocycles. The zero-order valence-corrected chi connectivity index (χ0v) is 21.7. The highest BCUT2D eigenvalue weighted by Crippen LogP contribution is 2.34. The second kappa shape index (κ2) is 11.0. The van der Waals surface area contributed by atoms with Crippen molar-refractivity contribution >= 4 is 16.7 Å². The van der Waals surface area contributed by atoms with Crippen LogP contribution in [0.2, 0.25) is 0 Å². The minimum Gasteiger partial charge on any atom is -0.497 e. The third-order valence-corrected chi connectivity index (χ3v) is 7.07. The molecule has 1 aromatic heterocycles. The molecule has 1 aliphatic heterocycles. The molecule has 1 saturated heterocycles. The van der Waals surface area contributed by atoms with E-state index in [-0.39, 0.29) is 23.6 Å². The smallest absolute Gasteiger partial charge is 0.258 e. The highest BCUT2D eigenvalue weighted by atomic mass is 16.5. The summed E-state index contributed by atoms with van der Waals surface area (Å²) in [6.45, 7) is 5.84. The quantitative estimate of drug-likeness (QED) is 0.507. The third-order valence-electron chi connectivity index (χ3n) is 7.07. The monoisotopic (exact) mass is 493 g/mol. The standard InChI is InChI=1S/C28H35N3O5/c1-6-19(7-2)31-16-23(21-14-25(35-4)26(36-5)15-22(21)28(31)33)27(32)30-12-11-29-24(17-30)18-9-8-10-20(13-18)34-3/h8-10,13-16,19,24,29H,6-7,11-12,17H2,1-5H3. The van der Waals surface area contributed by atoms with Crippen molar-refractivity contribution in [2.45, 2.75) is 38.8 Å². The summed E-state index contributed by atoms with van der Waals surface area (Å²) in [5.74, 6) is 1.61. The fourth-order valence-corrected chi connectivity index (χ4v) is 5.00. The van der Waals surface area contributed by atoms with Gasteiger partial charge in [-0.3, -0.25) is 9.59 Å². The molecule has 3 aromatic rings. The van der Waals surface area contributed by atoms with Crippen LogP contribution < -0.4 is 25.1 Å². The maximum Gasteiger partial charge on any atom is 0.258 e. The molecule has 0 radical (unpaired) electrons. The van der Waals surface area contributed by atoms with Gasteiger partial charge in [-0.1, -0.05) is 26.0 Å². The van der Waals surface area contributed by atoms with E-state index in [0.717, 1.165) is 24.2 Å². The average molecular weight is 494 g/mol. The number of nitrogens with one attached hydrogen (secondary N) is 1. The second-order valence-corrected chi connectivity index (χ2v) is 9.01. The molecule has 8 heteroatoms. The van der Waals surface area contributed by atoms with E-state index in [1.165, 1.54) is 7.11 Å². The fraction of sp³-hybridized carbons (Fsp3) is 0.429. The van der Waals surface area contributed by atoms with Crippen LogP contribution in [0.25, 0.3) is 10.8 Å². The van der Waals surface area contributed by atoms with Crippen LogP contribution in [0.15, 0.2) is 47.4 Å². The van der Waals surface area contributed by atoms with Crippen LogP contribution in [-0.4, -0.2) is 56.3 Å². The van der Waals surface area contributed by atoms with E-state index < -0.39 is 0 Å². The predicted molar refractivity (Wildman–Crippen MR) is 141 cm³/mol. The number of ether oxygens (including phenoxy) is 3. The predicted octanol–water partition coefficient (Wildman–Crippen LogP) is 4.18. The van der Waals surface area contributed by atoms with Crippen LogP contribution in [0.5, 0.6) is 17.2 Å². The van der Waals surface area contributed by atoms with Gasteiger partial charge in [-0.15, -0.1) is 0 Å². The lowest BCUT2D eigenvalue weighted by atomic mass is 10.0. The van der Waals surface area contributed by atoms with Crippen LogP contribution >= 0.6 is 0 Å². The number of aromatic nitrogens is 1. The first-order valence-corrected chi connectivity index (χ1v) is 12.4. The molecule has 1 aliphatic rings. The Balaban J connectivity index is 1.80. The molecule has 1 unspecified atom stereocenters. The largest absolute Gasteiger partial charge is 0.497 e. The number of fused-ring (bicyclic) bond motifs is 1. The molecule has 36 heavy (non-hydrogen) atoms. The van der Waals surface area contributed by atoms with Crippen LogP contribution in [-0.2, 0) is 0 Å². The highest BCUT2D eigenvalue weighted by molar-refractivity contribution is 6.07. The van der Waals surface area contributed by atoms with Crippen molar-refractivity contribution in [3.05, 3.63) is 64.1 Å². The lowest BCUT2D eigenvalue weighted by Gasteiger charge is -2.34. The van der Waals surface area contributed by atoms with E-state index in [9.17, 15) is 9.59 Å². The lowest BCUT2D eigenvalue weighted by Crippen LogP contribution is -2.48. The first-order valence-electron chi connectivity index (χ1n) is 12.4. The Kier molecular flexibility index (Phi) is 7.84. The summed E-state index contributed by atoms with van der Waals surface area (Å²) in [5, 5.41) is 4.53. The Bertz CT molecular complexity index is 1300. The summed E-state index contributed by atoms with van der Waals surface area (Å²) < 4.78 is 18.1. The van der Waals surface area contributed by atoms with Gasteiger partial charge in [-0.25, -0.2) is 0 Å². The van der Waals surface area contributed by atoms with Crippen molar-refractivity contribution in [3.63, 3.8) is 0 Å². The first-order chi connectivity index (χ1) is 17.4. The van der Waals surface area contributed by atoms with E-state index in [4.69, 9.17) is 14.2 Å². The molecule has 1 atom stereocenters. The average Bonchev–Trinajstić information content (AvgIpc) is 2.93. The number of amides is 1. The zero-order valence-electron chi connectivity index (χ0n) is 21.7. The van der Waals surface area contributed by atoms with Gasteiger partial charge >= 0.3 is 0 Å². The van der Waals surface area contributed by atoms with Gasteiger partial charge in [0.25, 0.3) is 11.5 Å². The maximum atomic E-state index is 14.0. The number of methoxy groups -OCH3 is 3. The van der Waals surface area contributed by atoms with Gasteiger partial charge < -0.3 is 29.0 Å². The van der Waals surface area contributed by atoms with Gasteiger partial charge in [-0.05, 0) is 42.7 Å². The number of benzene rings is 2. The molecule has 1 fully saturated rings. The van der Waals surface area contributed by atoms with Gasteiger partial charge in [0.15, 0.2) is 11.5 Å². The van der Waals surface area contributed by atoms with E-state index in [0.29, 0.717) is 47.5 Å². The fourth-order valence-electron chi connectivity index (χ4n) is 5.00. The number of nitrogens with zero attached hydrogens (tertiary/aromatic N) is 2. The van der Waals surface area contributed by atoms with Crippen molar-refractivity contribution in [2.75, 3.05) is 41.0 Å². The lowest BCUT2D eigenvalue weighted by molar-refractivity contribution is 0.0704. The minimum absolute atomic E-state index is 0.00546. The number of piperazine rings is 1. The molecule has 0 aliphatic carbocycles. The van der Waals surface area contributed by atoms with Crippen molar-refractivity contribution in [1.29, 1.82) is 0 Å². The molecule has 8 nitrogen and oxygen atoms in total. The van der Waals surface area contributed by atoms with Gasteiger partial charge in [0, 0.05) is 37.3 Å². The molecular weight excluding hydrogens is 458 g/mol. The Labute approximate surface area is 211 Å². The molecule has 0 bridgehead atoms. The van der Waals surface area contributed by atoms with Crippen LogP contribution in [0.1, 0.15) is 54.7 Å². The summed E-state index contributed by atoms with van der Waals surface area (Å²) in [6.07, 6.45) is 3.31. The van der Waals surface area contributed by atoms with Crippen LogP contribution in [0.4, 0.5) is 0 Å². The Morgan fingerprint density at radius 3 is 2.36 bits per heavy atom. The molecule has 2 heterocycles. The number of hydrogen-bond acceptors (Lipinski definition) is 6. The second-order valence-electron chi connectivity index (χ2n) is 9.01. The molecule has 1 N–H and O–H groups in total. The van der Waals surface area contributed by atoms with Gasteiger partial charge in [0.05, 0.1) is 38.3 Å². The Hall–Kier alpha value is -3.52. The molecular formula is C28H35N3O5. The van der Waals surface area contributed by atoms with Crippen molar-refractivity contribution in [2.24, 2.45) is 0 Å². The minimum atomic E-state index is -0.134. The Morgan fingerprint density at radius 1 is 1.03 bits per heavy atom. The molecule has 4 rings (SSSR count). The van der Waals surface area contributed by atoms with Crippen molar-refractivity contribution < 1.29 is 19.0 Å². The summed E-state index contributed by atoms with van der Waals surface area (Å²) in [4.78, 5) is 29.4. The van der Waals surface area contributed by atoms with Gasteiger partial charge in [0.2, 0.25) is 0 Å². The number of rotatable bonds is 8. The molecule has 0 spiro atoms. The van der Waals surface area contributed by atoms with Crippen LogP contribution in [0.3, 0.4) is 0 Å². The van der Waals surface area contributed by atoms with E-state index in [1.54, 1.807) is 37.1 Å². The molecule has 2 aromatic carbocycles. The van der Waals surface area contributed by atoms with Crippen LogP contribution in [0, 0.1) is 0 Å². The number of carbonyl (C=O) groups is 1. The maximum absolute atomic E-state index is 14.0. The van der Waals surface area contributed by atoms with E-state index in [1.807, 2.05) is 29.2 Å². The summed E-state index contributed by atoms with van der Waals surface area (Å²) in [5.41, 5.74) is 1.42. The summed E-state index contributed by atoms with van der Waals surface area (Å²) in [7, 11) is 4.73. The number of hydrogen-bond donors (Lipinski definition) is 1. The van der Waals surface area contributed by atoms with Gasteiger partial charge in [0.1, 0.15) is 5.75 Å². The molecule has 1 amide bonds. The van der Waals surface area contributed by atoms with Gasteiger partial charge in [-0.2, -0.15) is 0 Å². The van der Waals surface area contributed by atoms with E-state index in [2.05, 4.69) is 19.2 Å².